The molecule has 0 saturated heterocycles. The van der Waals surface area contributed by atoms with E-state index in [0.29, 0.717) is 22.8 Å². The number of nitrogens with zero attached hydrogens (tertiary/aromatic N) is 2. The van der Waals surface area contributed by atoms with Gasteiger partial charge in [0.25, 0.3) is 0 Å². The van der Waals surface area contributed by atoms with Crippen molar-refractivity contribution in [1.29, 1.82) is 0 Å². The first-order valence-corrected chi connectivity index (χ1v) is 6.01. The minimum Gasteiger partial charge on any atom is -0.545 e. The van der Waals surface area contributed by atoms with Gasteiger partial charge in [-0.1, -0.05) is 18.5 Å². The van der Waals surface area contributed by atoms with E-state index in [2.05, 4.69) is 5.10 Å². The summed E-state index contributed by atoms with van der Waals surface area (Å²) in [6, 6.07) is 6.71. The van der Waals surface area contributed by atoms with Crippen molar-refractivity contribution >= 4 is 17.6 Å². The van der Waals surface area contributed by atoms with Crippen molar-refractivity contribution in [2.45, 2.75) is 13.3 Å². The molecule has 0 amide bonds. The molecule has 2 rings (SSSR count). The Hall–Kier alpha value is -0.504. The van der Waals surface area contributed by atoms with Gasteiger partial charge in [-0.3, -0.25) is 4.79 Å². The number of benzene rings is 1. The summed E-state index contributed by atoms with van der Waals surface area (Å²) < 4.78 is 1.41. The van der Waals surface area contributed by atoms with Crippen LogP contribution in [0.15, 0.2) is 35.3 Å². The van der Waals surface area contributed by atoms with Crippen LogP contribution in [0.5, 0.6) is 0 Å². The van der Waals surface area contributed by atoms with E-state index in [-0.39, 0.29) is 56.9 Å². The molecule has 0 N–H and O–H groups in total. The topological polar surface area (TPSA) is 75.0 Å². The average Bonchev–Trinajstić information content (AvgIpc) is 2.39. The Morgan fingerprint density at radius 3 is 2.45 bits per heavy atom. The molecule has 0 aliphatic heterocycles. The van der Waals surface area contributed by atoms with Gasteiger partial charge in [-0.2, -0.15) is 5.10 Å². The van der Waals surface area contributed by atoms with Gasteiger partial charge in [0, 0.05) is 5.02 Å². The molecule has 0 atom stereocenters. The van der Waals surface area contributed by atoms with Crippen LogP contribution in [0.1, 0.15) is 23.0 Å². The molecule has 0 bridgehead atoms. The van der Waals surface area contributed by atoms with Crippen LogP contribution in [0.2, 0.25) is 5.02 Å². The van der Waals surface area contributed by atoms with E-state index in [1.165, 1.54) is 4.68 Å². The molecule has 2 aromatic rings. The monoisotopic (exact) mass is 316 g/mol. The zero-order valence-corrected chi connectivity index (χ0v) is 15.0. The van der Waals surface area contributed by atoms with Gasteiger partial charge in [-0.25, -0.2) is 4.68 Å². The van der Waals surface area contributed by atoms with E-state index in [1.54, 1.807) is 31.2 Å². The van der Waals surface area contributed by atoms with Crippen LogP contribution in [-0.2, 0) is 6.42 Å². The number of hydrogen-bond acceptors (Lipinski definition) is 4. The molecule has 1 aromatic heterocycles. The van der Waals surface area contributed by atoms with Crippen LogP contribution < -0.4 is 61.9 Å². The molecule has 0 aliphatic carbocycles. The first-order valence-electron chi connectivity index (χ1n) is 5.63. The molecule has 0 saturated carbocycles. The van der Waals surface area contributed by atoms with Crippen molar-refractivity contribution < 1.29 is 61.3 Å². The Bertz CT molecular complexity index is 683. The number of aromatic carboxylic acids is 1. The molecule has 0 unspecified atom stereocenters. The van der Waals surface area contributed by atoms with Crippen molar-refractivity contribution in [3.63, 3.8) is 0 Å². The maximum absolute atomic E-state index is 11.6. The van der Waals surface area contributed by atoms with Crippen LogP contribution in [0.3, 0.4) is 0 Å². The third-order valence-corrected chi connectivity index (χ3v) is 2.94. The van der Waals surface area contributed by atoms with Crippen molar-refractivity contribution in [3.05, 3.63) is 57.0 Å². The summed E-state index contributed by atoms with van der Waals surface area (Å²) in [5.41, 5.74) is -0.0758. The summed E-state index contributed by atoms with van der Waals surface area (Å²) in [5.74, 6) is -1.49. The predicted octanol–water partition coefficient (Wildman–Crippen LogP) is -2.18. The average molecular weight is 317 g/mol. The Balaban J connectivity index is 0.00000200. The first-order chi connectivity index (χ1) is 9.04. The van der Waals surface area contributed by atoms with Gasteiger partial charge in [0.15, 0.2) is 0 Å². The molecule has 1 aromatic carbocycles. The standard InChI is InChI=1S/C13H11ClN2O3.K/c1-2-10-12(13(18)19)11(17)7-15-16(10)9-5-3-8(14)4-6-9;/h3-7H,2H2,1H3,(H,18,19);/q;+1/p-1. The molecular weight excluding hydrogens is 307 g/mol. The first kappa shape index (κ1) is 17.5. The molecule has 98 valence electrons. The quantitative estimate of drug-likeness (QED) is 0.603. The van der Waals surface area contributed by atoms with Gasteiger partial charge in [0.2, 0.25) is 5.43 Å². The van der Waals surface area contributed by atoms with Crippen molar-refractivity contribution in [1.82, 2.24) is 9.78 Å². The summed E-state index contributed by atoms with van der Waals surface area (Å²) >= 11 is 5.80. The molecule has 0 radical (unpaired) electrons. The van der Waals surface area contributed by atoms with Gasteiger partial charge in [-0.05, 0) is 30.7 Å². The van der Waals surface area contributed by atoms with E-state index in [9.17, 15) is 14.7 Å². The molecule has 7 heteroatoms. The zero-order chi connectivity index (χ0) is 14.0. The van der Waals surface area contributed by atoms with E-state index in [0.717, 1.165) is 6.20 Å². The fourth-order valence-corrected chi connectivity index (χ4v) is 1.97. The maximum Gasteiger partial charge on any atom is 1.00 e. The van der Waals surface area contributed by atoms with Crippen LogP contribution >= 0.6 is 11.6 Å². The minimum absolute atomic E-state index is 0. The maximum atomic E-state index is 11.6. The molecule has 0 aliphatic rings. The third-order valence-electron chi connectivity index (χ3n) is 2.69. The molecule has 1 heterocycles. The Morgan fingerprint density at radius 2 is 1.95 bits per heavy atom. The van der Waals surface area contributed by atoms with Gasteiger partial charge >= 0.3 is 51.4 Å². The Kier molecular flexibility index (Phi) is 6.57. The fraction of sp³-hybridized carbons (Fsp3) is 0.154. The van der Waals surface area contributed by atoms with E-state index in [1.807, 2.05) is 0 Å². The number of halogens is 1. The minimum atomic E-state index is -1.49. The van der Waals surface area contributed by atoms with Crippen molar-refractivity contribution in [3.8, 4) is 5.69 Å². The molecule has 5 nitrogen and oxygen atoms in total. The van der Waals surface area contributed by atoms with Crippen molar-refractivity contribution in [2.75, 3.05) is 0 Å². The molecular formula is C13H10ClKN2O3. The van der Waals surface area contributed by atoms with Crippen LogP contribution in [0, 0.1) is 0 Å². The van der Waals surface area contributed by atoms with E-state index < -0.39 is 11.4 Å². The summed E-state index contributed by atoms with van der Waals surface area (Å²) in [6.45, 7) is 1.75. The van der Waals surface area contributed by atoms with E-state index >= 15 is 0 Å². The number of aromatic nitrogens is 2. The summed E-state index contributed by atoms with van der Waals surface area (Å²) in [4.78, 5) is 22.6. The fourth-order valence-electron chi connectivity index (χ4n) is 1.84. The second-order valence-corrected chi connectivity index (χ2v) is 4.30. The number of rotatable bonds is 3. The van der Waals surface area contributed by atoms with Crippen LogP contribution in [0.25, 0.3) is 5.69 Å². The molecule has 0 spiro atoms. The number of hydrogen-bond donors (Lipinski definition) is 0. The Labute approximate surface area is 163 Å². The second-order valence-electron chi connectivity index (χ2n) is 3.86. The van der Waals surface area contributed by atoms with Gasteiger partial charge < -0.3 is 9.90 Å². The zero-order valence-electron chi connectivity index (χ0n) is 11.1. The number of carbonyl (C=O) groups is 1. The normalized spacial score (nSPS) is 9.90. The van der Waals surface area contributed by atoms with Gasteiger partial charge in [-0.15, -0.1) is 0 Å². The Morgan fingerprint density at radius 1 is 1.35 bits per heavy atom. The second kappa shape index (κ2) is 7.49. The van der Waals surface area contributed by atoms with E-state index in [4.69, 9.17) is 11.6 Å². The third kappa shape index (κ3) is 3.57. The summed E-state index contributed by atoms with van der Waals surface area (Å²) in [5, 5.41) is 15.6. The van der Waals surface area contributed by atoms with Crippen LogP contribution in [0.4, 0.5) is 0 Å². The number of carboxylic acid groups (broad SMARTS) is 1. The summed E-state index contributed by atoms with van der Waals surface area (Å²) in [7, 11) is 0. The van der Waals surface area contributed by atoms with Gasteiger partial charge in [0.1, 0.15) is 0 Å². The SMILES string of the molecule is CCc1c(C(=O)[O-])c(=O)cnn1-c1ccc(Cl)cc1.[K+]. The number of carboxylic acids is 1. The largest absolute Gasteiger partial charge is 1.00 e. The van der Waals surface area contributed by atoms with Gasteiger partial charge in [0.05, 0.1) is 29.1 Å². The smallest absolute Gasteiger partial charge is 0.545 e. The predicted molar refractivity (Wildman–Crippen MR) is 68.6 cm³/mol. The van der Waals surface area contributed by atoms with Crippen molar-refractivity contribution in [2.24, 2.45) is 0 Å². The number of carbonyl (C=O) groups excluding carboxylic acids is 1. The van der Waals surface area contributed by atoms with Crippen LogP contribution in [-0.4, -0.2) is 15.7 Å². The summed E-state index contributed by atoms with van der Waals surface area (Å²) in [6.07, 6.45) is 1.31. The molecule has 0 fully saturated rings. The molecule has 20 heavy (non-hydrogen) atoms.